The van der Waals surface area contributed by atoms with Gasteiger partial charge in [0.2, 0.25) is 10.0 Å². The maximum Gasteiger partial charge on any atom is 0.243 e. The molecular formula is C17H17ClFNO3S2. The summed E-state index contributed by atoms with van der Waals surface area (Å²) < 4.78 is 40.2. The van der Waals surface area contributed by atoms with E-state index in [0.29, 0.717) is 24.3 Å². The zero-order chi connectivity index (χ0) is 18.2. The number of piperidine rings is 1. The van der Waals surface area contributed by atoms with Crippen LogP contribution in [0.15, 0.2) is 34.5 Å². The number of thiophene rings is 1. The Morgan fingerprint density at radius 1 is 1.36 bits per heavy atom. The SMILES string of the molecule is Cc1ccsc1C(=O)[C@H]1CCCN(S(=O)(=O)c2ccc(F)c(Cl)c2)C1. The molecule has 25 heavy (non-hydrogen) atoms. The Hall–Kier alpha value is -1.28. The molecule has 4 nitrogen and oxygen atoms in total. The topological polar surface area (TPSA) is 54.5 Å². The van der Waals surface area contributed by atoms with E-state index in [1.165, 1.54) is 21.7 Å². The Kier molecular flexibility index (Phi) is 5.29. The maximum absolute atomic E-state index is 13.3. The second-order valence-electron chi connectivity index (χ2n) is 6.08. The summed E-state index contributed by atoms with van der Waals surface area (Å²) in [6.07, 6.45) is 1.27. The van der Waals surface area contributed by atoms with Gasteiger partial charge in [0, 0.05) is 19.0 Å². The zero-order valence-corrected chi connectivity index (χ0v) is 15.9. The number of nitrogens with zero attached hydrogens (tertiary/aromatic N) is 1. The first-order chi connectivity index (χ1) is 11.8. The lowest BCUT2D eigenvalue weighted by Crippen LogP contribution is -2.42. The Labute approximate surface area is 155 Å². The second kappa shape index (κ2) is 7.15. The predicted octanol–water partition coefficient (Wildman–Crippen LogP) is 4.13. The van der Waals surface area contributed by atoms with Crippen molar-refractivity contribution in [2.75, 3.05) is 13.1 Å². The highest BCUT2D eigenvalue weighted by atomic mass is 35.5. The van der Waals surface area contributed by atoms with Crippen molar-refractivity contribution in [2.45, 2.75) is 24.7 Å². The van der Waals surface area contributed by atoms with E-state index in [9.17, 15) is 17.6 Å². The van der Waals surface area contributed by atoms with Crippen LogP contribution in [-0.2, 0) is 10.0 Å². The fourth-order valence-corrected chi connectivity index (χ4v) is 5.71. The number of hydrogen-bond donors (Lipinski definition) is 0. The van der Waals surface area contributed by atoms with Crippen molar-refractivity contribution in [1.29, 1.82) is 0 Å². The third-order valence-electron chi connectivity index (χ3n) is 4.37. The number of sulfonamides is 1. The Bertz CT molecular complexity index is 910. The number of Topliss-reactive ketones (excluding diaryl/α,β-unsaturated/α-hetero) is 1. The first-order valence-corrected chi connectivity index (χ1v) is 10.5. The number of carbonyl (C=O) groups is 1. The molecule has 1 aliphatic rings. The van der Waals surface area contributed by atoms with Gasteiger partial charge in [-0.05, 0) is 55.0 Å². The molecule has 0 aliphatic carbocycles. The molecule has 134 valence electrons. The lowest BCUT2D eigenvalue weighted by atomic mass is 9.93. The van der Waals surface area contributed by atoms with Gasteiger partial charge in [0.1, 0.15) is 5.82 Å². The van der Waals surface area contributed by atoms with Gasteiger partial charge in [0.05, 0.1) is 14.8 Å². The standard InChI is InChI=1S/C17H17ClFNO3S2/c1-11-6-8-24-17(11)16(21)12-3-2-7-20(10-12)25(22,23)13-4-5-15(19)14(18)9-13/h4-6,8-9,12H,2-3,7,10H2,1H3/t12-/m0/s1. The predicted molar refractivity (Wildman–Crippen MR) is 96.3 cm³/mol. The molecule has 0 spiro atoms. The maximum atomic E-state index is 13.3. The average Bonchev–Trinajstić information content (AvgIpc) is 3.02. The third-order valence-corrected chi connectivity index (χ3v) is 7.55. The number of ketones is 1. The normalized spacial score (nSPS) is 19.1. The lowest BCUT2D eigenvalue weighted by molar-refractivity contribution is 0.0876. The molecule has 0 N–H and O–H groups in total. The lowest BCUT2D eigenvalue weighted by Gasteiger charge is -2.31. The highest BCUT2D eigenvalue weighted by Gasteiger charge is 2.34. The minimum atomic E-state index is -3.81. The molecule has 0 saturated carbocycles. The smallest absolute Gasteiger partial charge is 0.243 e. The monoisotopic (exact) mass is 401 g/mol. The molecule has 0 unspecified atom stereocenters. The molecule has 1 atom stereocenters. The molecule has 1 aromatic heterocycles. The van der Waals surface area contributed by atoms with Gasteiger partial charge in [-0.2, -0.15) is 4.31 Å². The van der Waals surface area contributed by atoms with Crippen molar-refractivity contribution < 1.29 is 17.6 Å². The van der Waals surface area contributed by atoms with E-state index >= 15 is 0 Å². The highest BCUT2D eigenvalue weighted by Crippen LogP contribution is 2.29. The van der Waals surface area contributed by atoms with Crippen LogP contribution >= 0.6 is 22.9 Å². The molecule has 1 aliphatic heterocycles. The van der Waals surface area contributed by atoms with Crippen molar-refractivity contribution in [3.05, 3.63) is 50.9 Å². The molecule has 1 fully saturated rings. The van der Waals surface area contributed by atoms with E-state index in [4.69, 9.17) is 11.6 Å². The van der Waals surface area contributed by atoms with Crippen LogP contribution in [0.4, 0.5) is 4.39 Å². The Morgan fingerprint density at radius 2 is 2.12 bits per heavy atom. The van der Waals surface area contributed by atoms with Gasteiger partial charge in [-0.25, -0.2) is 12.8 Å². The molecule has 2 heterocycles. The van der Waals surface area contributed by atoms with E-state index < -0.39 is 15.8 Å². The minimum absolute atomic E-state index is 0.00969. The van der Waals surface area contributed by atoms with Gasteiger partial charge in [-0.3, -0.25) is 4.79 Å². The first-order valence-electron chi connectivity index (χ1n) is 7.84. The van der Waals surface area contributed by atoms with E-state index in [0.717, 1.165) is 17.7 Å². The minimum Gasteiger partial charge on any atom is -0.293 e. The largest absolute Gasteiger partial charge is 0.293 e. The first kappa shape index (κ1) is 18.5. The van der Waals surface area contributed by atoms with Crippen molar-refractivity contribution in [3.8, 4) is 0 Å². The Morgan fingerprint density at radius 3 is 2.76 bits per heavy atom. The van der Waals surface area contributed by atoms with Crippen LogP contribution in [0.25, 0.3) is 0 Å². The number of rotatable bonds is 4. The number of halogens is 2. The van der Waals surface area contributed by atoms with Crippen LogP contribution in [0.3, 0.4) is 0 Å². The van der Waals surface area contributed by atoms with Crippen LogP contribution in [0.5, 0.6) is 0 Å². The number of aryl methyl sites for hydroxylation is 1. The van der Waals surface area contributed by atoms with E-state index in [1.807, 2.05) is 18.4 Å². The third kappa shape index (κ3) is 3.65. The highest BCUT2D eigenvalue weighted by molar-refractivity contribution is 7.89. The molecule has 2 aromatic rings. The summed E-state index contributed by atoms with van der Waals surface area (Å²) in [5.74, 6) is -1.04. The molecule has 8 heteroatoms. The van der Waals surface area contributed by atoms with Gasteiger partial charge in [0.15, 0.2) is 5.78 Å². The van der Waals surface area contributed by atoms with Gasteiger partial charge in [-0.1, -0.05) is 11.6 Å². The van der Waals surface area contributed by atoms with E-state index in [1.54, 1.807) is 0 Å². The van der Waals surface area contributed by atoms with Crippen LogP contribution in [0, 0.1) is 18.7 Å². The number of carbonyl (C=O) groups excluding carboxylic acids is 1. The van der Waals surface area contributed by atoms with Crippen molar-refractivity contribution in [3.63, 3.8) is 0 Å². The molecular weight excluding hydrogens is 385 g/mol. The summed E-state index contributed by atoms with van der Waals surface area (Å²) in [4.78, 5) is 13.3. The fraction of sp³-hybridized carbons (Fsp3) is 0.353. The van der Waals surface area contributed by atoms with Gasteiger partial charge in [-0.15, -0.1) is 11.3 Å². The number of benzene rings is 1. The Balaban J connectivity index is 1.84. The molecule has 0 amide bonds. The molecule has 0 bridgehead atoms. The van der Waals surface area contributed by atoms with E-state index in [2.05, 4.69) is 0 Å². The molecule has 3 rings (SSSR count). The summed E-state index contributed by atoms with van der Waals surface area (Å²) in [5.41, 5.74) is 0.917. The van der Waals surface area contributed by atoms with Crippen LogP contribution in [0.2, 0.25) is 5.02 Å². The quantitative estimate of drug-likeness (QED) is 0.724. The summed E-state index contributed by atoms with van der Waals surface area (Å²) in [6, 6.07) is 5.24. The summed E-state index contributed by atoms with van der Waals surface area (Å²) >= 11 is 7.10. The second-order valence-corrected chi connectivity index (χ2v) is 9.34. The fourth-order valence-electron chi connectivity index (χ4n) is 2.97. The molecule has 1 saturated heterocycles. The van der Waals surface area contributed by atoms with Crippen LogP contribution in [0.1, 0.15) is 28.1 Å². The molecule has 0 radical (unpaired) electrons. The van der Waals surface area contributed by atoms with Crippen molar-refractivity contribution in [1.82, 2.24) is 4.31 Å². The summed E-state index contributed by atoms with van der Waals surface area (Å²) in [7, 11) is -3.81. The molecule has 1 aromatic carbocycles. The van der Waals surface area contributed by atoms with Crippen molar-refractivity contribution in [2.24, 2.45) is 5.92 Å². The van der Waals surface area contributed by atoms with Gasteiger partial charge >= 0.3 is 0 Å². The van der Waals surface area contributed by atoms with Gasteiger partial charge in [0.25, 0.3) is 0 Å². The zero-order valence-electron chi connectivity index (χ0n) is 13.5. The van der Waals surface area contributed by atoms with Crippen molar-refractivity contribution >= 4 is 38.7 Å². The summed E-state index contributed by atoms with van der Waals surface area (Å²) in [5, 5.41) is 1.63. The van der Waals surface area contributed by atoms with E-state index in [-0.39, 0.29) is 28.2 Å². The average molecular weight is 402 g/mol. The summed E-state index contributed by atoms with van der Waals surface area (Å²) in [6.45, 7) is 2.35. The van der Waals surface area contributed by atoms with Crippen LogP contribution in [-0.4, -0.2) is 31.6 Å². The number of hydrogen-bond acceptors (Lipinski definition) is 4. The van der Waals surface area contributed by atoms with Crippen LogP contribution < -0.4 is 0 Å². The van der Waals surface area contributed by atoms with Gasteiger partial charge < -0.3 is 0 Å².